The number of carbonyl (C=O) groups is 1. The molecule has 0 saturated carbocycles. The van der Waals surface area contributed by atoms with Gasteiger partial charge in [-0.15, -0.1) is 0 Å². The van der Waals surface area contributed by atoms with Gasteiger partial charge in [0.05, 0.1) is 30.3 Å². The third-order valence-electron chi connectivity index (χ3n) is 7.25. The SMILES string of the molecule is COc1cc2c(cc1-c1ccn(C)n1)-c1c(c(C(=O)N3CCC(O)CC3(C)C)nn1-c1ccsc1)CO2. The molecule has 3 aromatic heterocycles. The summed E-state index contributed by atoms with van der Waals surface area (Å²) in [5, 5.41) is 23.7. The number of aromatic nitrogens is 4. The van der Waals surface area contributed by atoms with Crippen LogP contribution in [-0.2, 0) is 13.7 Å². The van der Waals surface area contributed by atoms with Gasteiger partial charge in [-0.25, -0.2) is 4.68 Å². The first-order valence-electron chi connectivity index (χ1n) is 12.3. The fourth-order valence-corrected chi connectivity index (χ4v) is 6.03. The van der Waals surface area contributed by atoms with Crippen LogP contribution in [0.1, 0.15) is 42.7 Å². The maximum absolute atomic E-state index is 14.0. The molecule has 4 aromatic rings. The van der Waals surface area contributed by atoms with Gasteiger partial charge in [-0.1, -0.05) is 0 Å². The zero-order valence-corrected chi connectivity index (χ0v) is 22.1. The van der Waals surface area contributed by atoms with Gasteiger partial charge in [-0.05, 0) is 50.3 Å². The highest BCUT2D eigenvalue weighted by molar-refractivity contribution is 7.08. The van der Waals surface area contributed by atoms with Crippen LogP contribution in [0, 0.1) is 0 Å². The molecule has 2 aliphatic heterocycles. The van der Waals surface area contributed by atoms with E-state index < -0.39 is 11.6 Å². The molecule has 0 aliphatic carbocycles. The van der Waals surface area contributed by atoms with Crippen LogP contribution in [0.3, 0.4) is 0 Å². The van der Waals surface area contributed by atoms with E-state index in [1.807, 2.05) is 71.7 Å². The van der Waals surface area contributed by atoms with E-state index in [1.54, 1.807) is 23.1 Å². The fourth-order valence-electron chi connectivity index (χ4n) is 5.42. The topological polar surface area (TPSA) is 94.6 Å². The lowest BCUT2D eigenvalue weighted by atomic mass is 9.88. The van der Waals surface area contributed by atoms with Crippen molar-refractivity contribution in [2.24, 2.45) is 7.05 Å². The quantitative estimate of drug-likeness (QED) is 0.433. The normalized spacial score (nSPS) is 18.2. The minimum absolute atomic E-state index is 0.146. The second-order valence-electron chi connectivity index (χ2n) is 10.2. The fraction of sp³-hybridized carbons (Fsp3) is 0.370. The van der Waals surface area contributed by atoms with Crippen LogP contribution in [0.15, 0.2) is 41.2 Å². The number of nitrogens with zero attached hydrogens (tertiary/aromatic N) is 5. The number of aliphatic hydroxyl groups excluding tert-OH is 1. The number of amides is 1. The highest BCUT2D eigenvalue weighted by Gasteiger charge is 2.41. The van der Waals surface area contributed by atoms with Gasteiger partial charge < -0.3 is 19.5 Å². The monoisotopic (exact) mass is 519 g/mol. The summed E-state index contributed by atoms with van der Waals surface area (Å²) in [4.78, 5) is 15.8. The average Bonchev–Trinajstić information content (AvgIpc) is 3.61. The molecule has 9 nitrogen and oxygen atoms in total. The molecule has 0 radical (unpaired) electrons. The predicted octanol–water partition coefficient (Wildman–Crippen LogP) is 4.28. The number of aliphatic hydroxyl groups is 1. The highest BCUT2D eigenvalue weighted by Crippen LogP contribution is 2.46. The number of carbonyl (C=O) groups excluding carboxylic acids is 1. The van der Waals surface area contributed by atoms with Crippen molar-refractivity contribution in [3.63, 3.8) is 0 Å². The van der Waals surface area contributed by atoms with Crippen molar-refractivity contribution in [1.82, 2.24) is 24.5 Å². The van der Waals surface area contributed by atoms with Crippen molar-refractivity contribution in [1.29, 1.82) is 0 Å². The lowest BCUT2D eigenvalue weighted by Crippen LogP contribution is -2.54. The minimum Gasteiger partial charge on any atom is -0.496 e. The number of rotatable bonds is 4. The number of fused-ring (bicyclic) bond motifs is 3. The van der Waals surface area contributed by atoms with Crippen LogP contribution in [0.4, 0.5) is 0 Å². The Labute approximate surface area is 218 Å². The molecule has 0 bridgehead atoms. The smallest absolute Gasteiger partial charge is 0.275 e. The van der Waals surface area contributed by atoms with Gasteiger partial charge in [0, 0.05) is 53.5 Å². The van der Waals surface area contributed by atoms with Crippen LogP contribution in [0.2, 0.25) is 0 Å². The predicted molar refractivity (Wildman–Crippen MR) is 140 cm³/mol. The number of likely N-dealkylation sites (tertiary alicyclic amines) is 1. The Kier molecular flexibility index (Phi) is 5.61. The van der Waals surface area contributed by atoms with Gasteiger partial charge in [-0.3, -0.25) is 9.48 Å². The molecule has 0 spiro atoms. The van der Waals surface area contributed by atoms with E-state index in [4.69, 9.17) is 14.6 Å². The van der Waals surface area contributed by atoms with Gasteiger partial charge in [0.1, 0.15) is 18.1 Å². The standard InChI is InChI=1S/C27H29N5O4S/c1-27(2)13-17(33)5-9-31(27)26(34)24-20-14-36-23-12-22(35-4)18(21-6-8-30(3)28-21)11-19(23)25(20)32(29-24)16-7-10-37-15-16/h6-8,10-12,15,17,33H,5,9,13-14H2,1-4H3. The molecule has 192 valence electrons. The molecule has 1 amide bonds. The number of benzene rings is 1. The molecule has 37 heavy (non-hydrogen) atoms. The average molecular weight is 520 g/mol. The van der Waals surface area contributed by atoms with Crippen LogP contribution in [0.25, 0.3) is 28.2 Å². The van der Waals surface area contributed by atoms with Gasteiger partial charge in [-0.2, -0.15) is 21.5 Å². The number of aryl methyl sites for hydroxylation is 1. The molecular formula is C27H29N5O4S. The molecule has 1 unspecified atom stereocenters. The third-order valence-corrected chi connectivity index (χ3v) is 7.92. The van der Waals surface area contributed by atoms with Crippen molar-refractivity contribution in [3.05, 3.63) is 52.5 Å². The van der Waals surface area contributed by atoms with E-state index >= 15 is 0 Å². The minimum atomic E-state index is -0.485. The Bertz CT molecular complexity index is 1490. The lowest BCUT2D eigenvalue weighted by Gasteiger charge is -2.44. The van der Waals surface area contributed by atoms with Crippen LogP contribution < -0.4 is 9.47 Å². The molecule has 1 atom stereocenters. The summed E-state index contributed by atoms with van der Waals surface area (Å²) in [6.45, 7) is 4.68. The Balaban J connectivity index is 1.53. The lowest BCUT2D eigenvalue weighted by molar-refractivity contribution is 0.00276. The Hall–Kier alpha value is -3.63. The van der Waals surface area contributed by atoms with Gasteiger partial charge in [0.15, 0.2) is 5.69 Å². The summed E-state index contributed by atoms with van der Waals surface area (Å²) in [7, 11) is 3.51. The number of ether oxygens (including phenoxy) is 2. The molecule has 2 aliphatic rings. The van der Waals surface area contributed by atoms with Crippen LogP contribution in [0.5, 0.6) is 11.5 Å². The summed E-state index contributed by atoms with van der Waals surface area (Å²) in [6, 6.07) is 7.82. The summed E-state index contributed by atoms with van der Waals surface area (Å²) >= 11 is 1.57. The summed E-state index contributed by atoms with van der Waals surface area (Å²) in [5.41, 5.74) is 4.80. The van der Waals surface area contributed by atoms with Crippen molar-refractivity contribution in [2.45, 2.75) is 44.9 Å². The molecule has 1 N–H and O–H groups in total. The van der Waals surface area contributed by atoms with Crippen molar-refractivity contribution in [2.75, 3.05) is 13.7 Å². The largest absolute Gasteiger partial charge is 0.496 e. The van der Waals surface area contributed by atoms with E-state index in [0.29, 0.717) is 36.6 Å². The third kappa shape index (κ3) is 3.91. The van der Waals surface area contributed by atoms with E-state index in [0.717, 1.165) is 33.8 Å². The molecule has 1 fully saturated rings. The number of methoxy groups -OCH3 is 1. The maximum atomic E-state index is 14.0. The number of hydrogen-bond acceptors (Lipinski definition) is 7. The first-order chi connectivity index (χ1) is 17.8. The molecular weight excluding hydrogens is 490 g/mol. The van der Waals surface area contributed by atoms with Crippen LogP contribution in [-0.4, -0.2) is 60.8 Å². The van der Waals surface area contributed by atoms with E-state index in [-0.39, 0.29) is 12.5 Å². The Morgan fingerprint density at radius 2 is 2.08 bits per heavy atom. The van der Waals surface area contributed by atoms with E-state index in [1.165, 1.54) is 0 Å². The molecule has 1 saturated heterocycles. The second kappa shape index (κ2) is 8.74. The molecule has 1 aromatic carbocycles. The number of piperidine rings is 1. The summed E-state index contributed by atoms with van der Waals surface area (Å²) < 4.78 is 15.5. The van der Waals surface area contributed by atoms with Crippen molar-refractivity contribution >= 4 is 17.2 Å². The van der Waals surface area contributed by atoms with Crippen molar-refractivity contribution < 1.29 is 19.4 Å². The van der Waals surface area contributed by atoms with Gasteiger partial charge >= 0.3 is 0 Å². The highest BCUT2D eigenvalue weighted by atomic mass is 32.1. The van der Waals surface area contributed by atoms with Crippen LogP contribution >= 0.6 is 11.3 Å². The van der Waals surface area contributed by atoms with Crippen molar-refractivity contribution in [3.8, 4) is 39.7 Å². The zero-order chi connectivity index (χ0) is 25.9. The number of thiophene rings is 1. The summed E-state index contributed by atoms with van der Waals surface area (Å²) in [6.07, 6.45) is 2.56. The van der Waals surface area contributed by atoms with E-state index in [9.17, 15) is 9.90 Å². The Morgan fingerprint density at radius 3 is 2.76 bits per heavy atom. The first kappa shape index (κ1) is 23.7. The number of hydrogen-bond donors (Lipinski definition) is 1. The van der Waals surface area contributed by atoms with Gasteiger partial charge in [0.25, 0.3) is 5.91 Å². The first-order valence-corrected chi connectivity index (χ1v) is 13.2. The zero-order valence-electron chi connectivity index (χ0n) is 21.3. The molecule has 5 heterocycles. The molecule has 6 rings (SSSR count). The maximum Gasteiger partial charge on any atom is 0.275 e. The van der Waals surface area contributed by atoms with Gasteiger partial charge in [0.2, 0.25) is 0 Å². The van der Waals surface area contributed by atoms with E-state index in [2.05, 4.69) is 5.10 Å². The summed E-state index contributed by atoms with van der Waals surface area (Å²) in [5.74, 6) is 1.18. The second-order valence-corrected chi connectivity index (χ2v) is 11.0. The molecule has 10 heteroatoms. The Morgan fingerprint density at radius 1 is 1.24 bits per heavy atom.